The molecule has 0 spiro atoms. The van der Waals surface area contributed by atoms with Gasteiger partial charge in [-0.25, -0.2) is 0 Å². The summed E-state index contributed by atoms with van der Waals surface area (Å²) in [6.07, 6.45) is 3.33. The summed E-state index contributed by atoms with van der Waals surface area (Å²) in [5.74, 6) is 1.13. The lowest BCUT2D eigenvalue weighted by molar-refractivity contribution is -0.122. The number of amides is 2. The van der Waals surface area contributed by atoms with Gasteiger partial charge in [0.2, 0.25) is 0 Å². The number of ether oxygens (including phenoxy) is 2. The van der Waals surface area contributed by atoms with Crippen LogP contribution in [0.2, 0.25) is 0 Å². The lowest BCUT2D eigenvalue weighted by Crippen LogP contribution is -2.27. The summed E-state index contributed by atoms with van der Waals surface area (Å²) in [6.45, 7) is 6.36. The molecule has 1 N–H and O–H groups in total. The van der Waals surface area contributed by atoms with Gasteiger partial charge in [-0.1, -0.05) is 36.1 Å². The average Bonchev–Trinajstić information content (AvgIpc) is 3.42. The summed E-state index contributed by atoms with van der Waals surface area (Å²) in [7, 11) is 0. The van der Waals surface area contributed by atoms with Gasteiger partial charge in [0, 0.05) is 5.69 Å². The van der Waals surface area contributed by atoms with Crippen LogP contribution in [0.4, 0.5) is 5.69 Å². The molecular weight excluding hydrogens is 496 g/mol. The van der Waals surface area contributed by atoms with Crippen molar-refractivity contribution >= 4 is 51.9 Å². The standard InChI is InChI=1S/C27H26N2O5S2/c1-4-32-23-13-19(14-24-26(31)29(27(35)36-24)15-21-6-5-9-33-21)7-8-22(23)34-16-25(30)28-20-11-17(2)10-18(3)12-20/h5-14H,4,15-16H2,1-3H3,(H,28,30)/b24-14-. The molecule has 2 amide bonds. The van der Waals surface area contributed by atoms with E-state index >= 15 is 0 Å². The normalized spacial score (nSPS) is 14.4. The Balaban J connectivity index is 1.44. The van der Waals surface area contributed by atoms with Crippen molar-refractivity contribution in [2.24, 2.45) is 0 Å². The second-order valence-electron chi connectivity index (χ2n) is 8.20. The van der Waals surface area contributed by atoms with Gasteiger partial charge in [0.1, 0.15) is 10.1 Å². The molecule has 2 heterocycles. The highest BCUT2D eigenvalue weighted by molar-refractivity contribution is 8.26. The van der Waals surface area contributed by atoms with E-state index in [1.165, 1.54) is 16.7 Å². The van der Waals surface area contributed by atoms with E-state index in [9.17, 15) is 9.59 Å². The maximum absolute atomic E-state index is 12.9. The maximum atomic E-state index is 12.9. The number of carbonyl (C=O) groups is 2. The van der Waals surface area contributed by atoms with Gasteiger partial charge in [-0.2, -0.15) is 0 Å². The predicted octanol–water partition coefficient (Wildman–Crippen LogP) is 5.71. The summed E-state index contributed by atoms with van der Waals surface area (Å²) in [5, 5.41) is 2.86. The van der Waals surface area contributed by atoms with E-state index in [-0.39, 0.29) is 25.0 Å². The second-order valence-corrected chi connectivity index (χ2v) is 9.88. The Labute approximate surface area is 219 Å². The number of nitrogens with one attached hydrogen (secondary N) is 1. The molecule has 36 heavy (non-hydrogen) atoms. The largest absolute Gasteiger partial charge is 0.490 e. The molecule has 1 aliphatic rings. The minimum absolute atomic E-state index is 0.169. The first kappa shape index (κ1) is 25.5. The fraction of sp³-hybridized carbons (Fsp3) is 0.222. The Hall–Kier alpha value is -3.56. The number of rotatable bonds is 9. The molecule has 0 aliphatic carbocycles. The number of furan rings is 1. The van der Waals surface area contributed by atoms with Crippen LogP contribution in [0, 0.1) is 13.8 Å². The number of nitrogens with zero attached hydrogens (tertiary/aromatic N) is 1. The predicted molar refractivity (Wildman–Crippen MR) is 145 cm³/mol. The van der Waals surface area contributed by atoms with Crippen molar-refractivity contribution in [1.82, 2.24) is 4.90 Å². The first-order chi connectivity index (χ1) is 17.3. The van der Waals surface area contributed by atoms with E-state index in [0.29, 0.717) is 33.1 Å². The molecular formula is C27H26N2O5S2. The van der Waals surface area contributed by atoms with Crippen LogP contribution < -0.4 is 14.8 Å². The summed E-state index contributed by atoms with van der Waals surface area (Å²) in [4.78, 5) is 27.4. The number of anilines is 1. The molecule has 186 valence electrons. The zero-order valence-corrected chi connectivity index (χ0v) is 21.8. The maximum Gasteiger partial charge on any atom is 0.266 e. The van der Waals surface area contributed by atoms with Gasteiger partial charge >= 0.3 is 0 Å². The molecule has 0 atom stereocenters. The first-order valence-electron chi connectivity index (χ1n) is 11.4. The zero-order valence-electron chi connectivity index (χ0n) is 20.2. The molecule has 2 aromatic carbocycles. The SMILES string of the molecule is CCOc1cc(/C=C2\SC(=S)N(Cc3ccco3)C2=O)ccc1OCC(=O)Nc1cc(C)cc(C)c1. The number of carbonyl (C=O) groups excluding carboxylic acids is 2. The van der Waals surface area contributed by atoms with Crippen LogP contribution in [-0.4, -0.2) is 34.2 Å². The van der Waals surface area contributed by atoms with Crippen LogP contribution in [0.15, 0.2) is 64.1 Å². The van der Waals surface area contributed by atoms with E-state index in [1.54, 1.807) is 42.7 Å². The van der Waals surface area contributed by atoms with Gasteiger partial charge in [-0.15, -0.1) is 0 Å². The number of aryl methyl sites for hydroxylation is 2. The van der Waals surface area contributed by atoms with E-state index in [2.05, 4.69) is 5.32 Å². The molecule has 7 nitrogen and oxygen atoms in total. The van der Waals surface area contributed by atoms with Crippen LogP contribution in [0.25, 0.3) is 6.08 Å². The van der Waals surface area contributed by atoms with Gasteiger partial charge in [0.25, 0.3) is 11.8 Å². The molecule has 0 unspecified atom stereocenters. The third kappa shape index (κ3) is 6.35. The summed E-state index contributed by atoms with van der Waals surface area (Å²) < 4.78 is 17.3. The van der Waals surface area contributed by atoms with Crippen LogP contribution in [0.3, 0.4) is 0 Å². The minimum atomic E-state index is -0.272. The summed E-state index contributed by atoms with van der Waals surface area (Å²) in [5.41, 5.74) is 3.62. The average molecular weight is 523 g/mol. The van der Waals surface area contributed by atoms with Crippen LogP contribution in [0.5, 0.6) is 11.5 Å². The number of thioether (sulfide) groups is 1. The Morgan fingerprint density at radius 2 is 1.89 bits per heavy atom. The summed E-state index contributed by atoms with van der Waals surface area (Å²) in [6, 6.07) is 14.7. The van der Waals surface area contributed by atoms with Crippen molar-refractivity contribution in [3.05, 3.63) is 82.1 Å². The third-order valence-electron chi connectivity index (χ3n) is 5.20. The van der Waals surface area contributed by atoms with Gasteiger partial charge in [0.15, 0.2) is 18.1 Å². The lowest BCUT2D eigenvalue weighted by Gasteiger charge is -2.13. The highest BCUT2D eigenvalue weighted by Gasteiger charge is 2.32. The molecule has 0 bridgehead atoms. The summed E-state index contributed by atoms with van der Waals surface area (Å²) >= 11 is 6.64. The Morgan fingerprint density at radius 3 is 2.58 bits per heavy atom. The Morgan fingerprint density at radius 1 is 1.11 bits per heavy atom. The highest BCUT2D eigenvalue weighted by Crippen LogP contribution is 2.35. The number of thiocarbonyl (C=S) groups is 1. The van der Waals surface area contributed by atoms with Gasteiger partial charge < -0.3 is 19.2 Å². The van der Waals surface area contributed by atoms with Crippen molar-refractivity contribution in [2.45, 2.75) is 27.3 Å². The molecule has 1 aromatic heterocycles. The van der Waals surface area contributed by atoms with E-state index in [1.807, 2.05) is 39.0 Å². The molecule has 1 saturated heterocycles. The van der Waals surface area contributed by atoms with Crippen LogP contribution in [0.1, 0.15) is 29.4 Å². The highest BCUT2D eigenvalue weighted by atomic mass is 32.2. The Bertz CT molecular complexity index is 1300. The number of benzene rings is 2. The minimum Gasteiger partial charge on any atom is -0.490 e. The second kappa shape index (κ2) is 11.5. The van der Waals surface area contributed by atoms with Gasteiger partial charge in [-0.3, -0.25) is 14.5 Å². The van der Waals surface area contributed by atoms with Gasteiger partial charge in [0.05, 0.1) is 24.3 Å². The first-order valence-corrected chi connectivity index (χ1v) is 12.6. The third-order valence-corrected chi connectivity index (χ3v) is 6.58. The molecule has 3 aromatic rings. The quantitative estimate of drug-likeness (QED) is 0.285. The molecule has 0 radical (unpaired) electrons. The monoisotopic (exact) mass is 522 g/mol. The smallest absolute Gasteiger partial charge is 0.266 e. The van der Waals surface area contributed by atoms with Gasteiger partial charge in [-0.05, 0) is 79.9 Å². The fourth-order valence-corrected chi connectivity index (χ4v) is 4.99. The van der Waals surface area contributed by atoms with Crippen molar-refractivity contribution in [3.63, 3.8) is 0 Å². The Kier molecular flexibility index (Phi) is 8.12. The molecule has 1 fully saturated rings. The van der Waals surface area contributed by atoms with Crippen molar-refractivity contribution < 1.29 is 23.5 Å². The fourth-order valence-electron chi connectivity index (χ4n) is 3.74. The van der Waals surface area contributed by atoms with E-state index in [0.717, 1.165) is 22.4 Å². The molecule has 9 heteroatoms. The number of hydrogen-bond donors (Lipinski definition) is 1. The van der Waals surface area contributed by atoms with Crippen molar-refractivity contribution in [2.75, 3.05) is 18.5 Å². The van der Waals surface area contributed by atoms with E-state index in [4.69, 9.17) is 26.1 Å². The lowest BCUT2D eigenvalue weighted by atomic mass is 10.1. The molecule has 0 saturated carbocycles. The van der Waals surface area contributed by atoms with Crippen molar-refractivity contribution in [3.8, 4) is 11.5 Å². The van der Waals surface area contributed by atoms with E-state index < -0.39 is 0 Å². The molecule has 1 aliphatic heterocycles. The molecule has 4 rings (SSSR count). The zero-order chi connectivity index (χ0) is 25.7. The topological polar surface area (TPSA) is 81.0 Å². The van der Waals surface area contributed by atoms with Crippen molar-refractivity contribution in [1.29, 1.82) is 0 Å². The number of hydrogen-bond acceptors (Lipinski definition) is 7. The van der Waals surface area contributed by atoms with Crippen LogP contribution >= 0.6 is 24.0 Å². The van der Waals surface area contributed by atoms with Crippen LogP contribution in [-0.2, 0) is 16.1 Å².